The van der Waals surface area contributed by atoms with Gasteiger partial charge in [-0.25, -0.2) is 0 Å². The number of aliphatic hydroxyl groups is 2. The van der Waals surface area contributed by atoms with Crippen molar-refractivity contribution in [2.45, 2.75) is 89.0 Å². The first-order valence-corrected chi connectivity index (χ1v) is 19.0. The number of aromatic hydroxyl groups is 1. The van der Waals surface area contributed by atoms with E-state index in [1.54, 1.807) is 12.1 Å². The molecule has 0 unspecified atom stereocenters. The average molecular weight is 717 g/mol. The van der Waals surface area contributed by atoms with Crippen LogP contribution in [0.5, 0.6) is 23.0 Å². The quantitative estimate of drug-likeness (QED) is 0.0991. The summed E-state index contributed by atoms with van der Waals surface area (Å²) in [5.74, 6) is 0.298. The Hall–Kier alpha value is -4.06. The van der Waals surface area contributed by atoms with Crippen LogP contribution in [0.4, 0.5) is 0 Å². The number of hydrogen-bond donors (Lipinski definition) is 3. The summed E-state index contributed by atoms with van der Waals surface area (Å²) in [7, 11) is 0. The van der Waals surface area contributed by atoms with Crippen LogP contribution in [0, 0.1) is 23.7 Å². The van der Waals surface area contributed by atoms with Crippen molar-refractivity contribution in [2.75, 3.05) is 33.2 Å². The molecule has 6 atom stereocenters. The molecular formula is C41H52N2O9. The number of hydrogen-bond acceptors (Lipinski definition) is 10. The van der Waals surface area contributed by atoms with Crippen LogP contribution in [0.25, 0.3) is 0 Å². The Kier molecular flexibility index (Phi) is 11.1. The van der Waals surface area contributed by atoms with Crippen LogP contribution in [-0.2, 0) is 20.9 Å². The summed E-state index contributed by atoms with van der Waals surface area (Å²) in [6.07, 6.45) is 10.7. The Morgan fingerprint density at radius 1 is 1.04 bits per heavy atom. The summed E-state index contributed by atoms with van der Waals surface area (Å²) in [6, 6.07) is 10.4. The number of fused-ring (bicyclic) bond motifs is 3. The maximum Gasteiger partial charge on any atom is 0.239 e. The van der Waals surface area contributed by atoms with Crippen molar-refractivity contribution < 1.29 is 43.9 Å². The first-order chi connectivity index (χ1) is 25.4. The van der Waals surface area contributed by atoms with Crippen molar-refractivity contribution in [3.05, 3.63) is 71.8 Å². The largest absolute Gasteiger partial charge is 0.508 e. The fraction of sp³-hybridized carbons (Fsp3) is 0.561. The number of nitrogens with zero attached hydrogens (tertiary/aromatic N) is 2. The van der Waals surface area contributed by atoms with Crippen molar-refractivity contribution >= 4 is 11.6 Å². The monoisotopic (exact) mass is 716 g/mol. The lowest BCUT2D eigenvalue weighted by atomic mass is 9.55. The van der Waals surface area contributed by atoms with Gasteiger partial charge in [-0.3, -0.25) is 4.79 Å². The SMILES string of the molecule is C=CCO[C@@]12Oc3ccc(O)cc3[C@H]3[C@H](CCCCO)[C@@H](CCCCO)C=C(C(=NOCC)C[C@@H]1N(Cc1ccc4c(c1)OCO4)C(=O)C1CC1)[C@H]32. The second-order valence-corrected chi connectivity index (χ2v) is 14.6. The molecule has 0 radical (unpaired) electrons. The van der Waals surface area contributed by atoms with Crippen LogP contribution in [0.2, 0.25) is 0 Å². The molecule has 11 nitrogen and oxygen atoms in total. The Balaban J connectivity index is 1.42. The van der Waals surface area contributed by atoms with E-state index in [-0.39, 0.29) is 61.9 Å². The van der Waals surface area contributed by atoms with Crippen LogP contribution < -0.4 is 14.2 Å². The second kappa shape index (κ2) is 15.9. The number of carbonyl (C=O) groups is 1. The summed E-state index contributed by atoms with van der Waals surface area (Å²) in [4.78, 5) is 22.4. The number of phenols is 1. The highest BCUT2D eigenvalue weighted by atomic mass is 16.7. The van der Waals surface area contributed by atoms with Crippen molar-refractivity contribution in [3.63, 3.8) is 0 Å². The Labute approximate surface area is 305 Å². The van der Waals surface area contributed by atoms with E-state index in [1.165, 1.54) is 0 Å². The molecule has 0 saturated heterocycles. The van der Waals surface area contributed by atoms with Crippen LogP contribution in [0.3, 0.4) is 0 Å². The number of oxime groups is 1. The minimum Gasteiger partial charge on any atom is -0.508 e. The summed E-state index contributed by atoms with van der Waals surface area (Å²) in [5, 5.41) is 35.2. The predicted molar refractivity (Wildman–Crippen MR) is 194 cm³/mol. The van der Waals surface area contributed by atoms with Crippen LogP contribution in [-0.4, -0.2) is 76.9 Å². The van der Waals surface area contributed by atoms with E-state index in [0.717, 1.165) is 60.9 Å². The molecule has 5 aliphatic rings. The molecule has 2 heterocycles. The molecule has 52 heavy (non-hydrogen) atoms. The molecule has 0 aromatic heterocycles. The van der Waals surface area contributed by atoms with E-state index in [1.807, 2.05) is 42.2 Å². The van der Waals surface area contributed by atoms with E-state index < -0.39 is 17.7 Å². The number of carbonyl (C=O) groups excluding carboxylic acids is 1. The number of benzene rings is 2. The predicted octanol–water partition coefficient (Wildman–Crippen LogP) is 6.21. The number of phenolic OH excluding ortho intramolecular Hbond substituents is 1. The first-order valence-electron chi connectivity index (χ1n) is 19.0. The van der Waals surface area contributed by atoms with Crippen molar-refractivity contribution in [2.24, 2.45) is 28.8 Å². The van der Waals surface area contributed by atoms with E-state index >= 15 is 0 Å². The number of unbranched alkanes of at least 4 members (excludes halogenated alkanes) is 2. The number of amides is 1. The third kappa shape index (κ3) is 7.02. The lowest BCUT2D eigenvalue weighted by molar-refractivity contribution is -0.258. The maximum absolute atomic E-state index is 14.6. The summed E-state index contributed by atoms with van der Waals surface area (Å²) >= 11 is 0. The standard InChI is InChI=1S/C41H52N2O9/c1-3-19-50-41-37(43(40(47)27-12-13-27)24-26-11-15-35-36(20-26)49-25-48-35)23-33(42-51-4-2)31-21-28(9-5-7-17-44)30(10-6-8-18-45)38(39(31)41)32-22-29(46)14-16-34(32)52-41/h3,11,14-16,20-22,27-28,30,37-39,44-46H,1,4-10,12-13,17-19,23-25H2,2H3/t28-,30+,37-,38+,39+,41+/m0/s1. The van der Waals surface area contributed by atoms with Gasteiger partial charge in [-0.15, -0.1) is 6.58 Å². The molecule has 2 aliphatic heterocycles. The van der Waals surface area contributed by atoms with Crippen LogP contribution in [0.15, 0.2) is 65.9 Å². The van der Waals surface area contributed by atoms with Crippen LogP contribution >= 0.6 is 0 Å². The van der Waals surface area contributed by atoms with Crippen molar-refractivity contribution in [1.29, 1.82) is 0 Å². The smallest absolute Gasteiger partial charge is 0.239 e. The van der Waals surface area contributed by atoms with Gasteiger partial charge in [0.1, 0.15) is 24.1 Å². The summed E-state index contributed by atoms with van der Waals surface area (Å²) in [5.41, 5.74) is 3.52. The average Bonchev–Trinajstić information content (AvgIpc) is 3.90. The molecule has 2 aromatic rings. The highest BCUT2D eigenvalue weighted by Crippen LogP contribution is 2.62. The number of ether oxygens (including phenoxy) is 4. The molecule has 0 spiro atoms. The normalized spacial score (nSPS) is 27.6. The number of rotatable bonds is 17. The Morgan fingerprint density at radius 2 is 1.81 bits per heavy atom. The van der Waals surface area contributed by atoms with E-state index in [4.69, 9.17) is 28.9 Å². The highest BCUT2D eigenvalue weighted by molar-refractivity contribution is 6.03. The van der Waals surface area contributed by atoms with Crippen molar-refractivity contribution in [3.8, 4) is 23.0 Å². The topological polar surface area (TPSA) is 140 Å². The van der Waals surface area contributed by atoms with Gasteiger partial charge in [0, 0.05) is 43.6 Å². The zero-order chi connectivity index (χ0) is 36.2. The Bertz CT molecular complexity index is 1670. The van der Waals surface area contributed by atoms with Gasteiger partial charge < -0.3 is 44.0 Å². The first kappa shape index (κ1) is 36.3. The molecule has 0 bridgehead atoms. The summed E-state index contributed by atoms with van der Waals surface area (Å²) in [6.45, 7) is 7.15. The highest BCUT2D eigenvalue weighted by Gasteiger charge is 2.66. The van der Waals surface area contributed by atoms with Gasteiger partial charge in [-0.2, -0.15) is 0 Å². The fourth-order valence-electron chi connectivity index (χ4n) is 8.94. The van der Waals surface area contributed by atoms with Gasteiger partial charge in [-0.05, 0) is 98.8 Å². The van der Waals surface area contributed by atoms with Gasteiger partial charge in [0.25, 0.3) is 0 Å². The van der Waals surface area contributed by atoms with E-state index in [0.29, 0.717) is 49.7 Å². The minimum atomic E-state index is -1.34. The fourth-order valence-corrected chi connectivity index (χ4v) is 8.94. The van der Waals surface area contributed by atoms with Gasteiger partial charge in [0.15, 0.2) is 11.5 Å². The van der Waals surface area contributed by atoms with Crippen LogP contribution in [0.1, 0.15) is 81.8 Å². The van der Waals surface area contributed by atoms with Gasteiger partial charge >= 0.3 is 0 Å². The molecule has 7 rings (SSSR count). The molecule has 280 valence electrons. The molecule has 1 amide bonds. The van der Waals surface area contributed by atoms with E-state index in [2.05, 4.69) is 12.7 Å². The second-order valence-electron chi connectivity index (χ2n) is 14.6. The lowest BCUT2D eigenvalue weighted by Crippen LogP contribution is -2.70. The molecule has 3 aliphatic carbocycles. The van der Waals surface area contributed by atoms with Crippen molar-refractivity contribution in [1.82, 2.24) is 4.90 Å². The molecule has 2 saturated carbocycles. The maximum atomic E-state index is 14.6. The minimum absolute atomic E-state index is 0.0428. The zero-order valence-corrected chi connectivity index (χ0v) is 30.1. The van der Waals surface area contributed by atoms with Gasteiger partial charge in [0.05, 0.1) is 18.2 Å². The molecular weight excluding hydrogens is 664 g/mol. The summed E-state index contributed by atoms with van der Waals surface area (Å²) < 4.78 is 25.5. The molecule has 11 heteroatoms. The Morgan fingerprint density at radius 3 is 2.56 bits per heavy atom. The molecule has 2 aromatic carbocycles. The number of allylic oxidation sites excluding steroid dienone is 1. The zero-order valence-electron chi connectivity index (χ0n) is 30.1. The van der Waals surface area contributed by atoms with Gasteiger partial charge in [-0.1, -0.05) is 36.2 Å². The lowest BCUT2D eigenvalue weighted by Gasteiger charge is -2.60. The third-order valence-electron chi connectivity index (χ3n) is 11.3. The molecule has 3 N–H and O–H groups in total. The third-order valence-corrected chi connectivity index (χ3v) is 11.3. The van der Waals surface area contributed by atoms with E-state index in [9.17, 15) is 20.1 Å². The van der Waals surface area contributed by atoms with Gasteiger partial charge in [0.2, 0.25) is 18.5 Å². The number of aliphatic hydroxyl groups excluding tert-OH is 2. The molecule has 2 fully saturated rings.